The summed E-state index contributed by atoms with van der Waals surface area (Å²) < 4.78 is 2.03. The third-order valence-electron chi connectivity index (χ3n) is 4.33. The Morgan fingerprint density at radius 2 is 2.04 bits per heavy atom. The standard InChI is InChI=1S/C18H17N3O2/c1-20-11-13-10-12(6-7-14(13)18(20)23)17-19-15-4-2-3-5-16(15)21(17)8-9-22/h2-7,10,22H,8-9,11H2,1H3. The number of carbonyl (C=O) groups is 1. The number of para-hydroxylation sites is 2. The molecule has 1 aliphatic heterocycles. The first-order valence-electron chi connectivity index (χ1n) is 7.64. The summed E-state index contributed by atoms with van der Waals surface area (Å²) in [6.45, 7) is 1.17. The molecule has 2 aromatic carbocycles. The van der Waals surface area contributed by atoms with Crippen molar-refractivity contribution < 1.29 is 9.90 Å². The fourth-order valence-corrected chi connectivity index (χ4v) is 3.23. The molecule has 0 radical (unpaired) electrons. The van der Waals surface area contributed by atoms with Crippen molar-refractivity contribution in [3.05, 3.63) is 53.6 Å². The number of nitrogens with zero attached hydrogens (tertiary/aromatic N) is 3. The van der Waals surface area contributed by atoms with Crippen molar-refractivity contribution in [1.29, 1.82) is 0 Å². The van der Waals surface area contributed by atoms with Gasteiger partial charge in [0.25, 0.3) is 5.91 Å². The number of carbonyl (C=O) groups excluding carboxylic acids is 1. The van der Waals surface area contributed by atoms with Crippen LogP contribution in [0.3, 0.4) is 0 Å². The van der Waals surface area contributed by atoms with Crippen LogP contribution in [0.25, 0.3) is 22.4 Å². The maximum absolute atomic E-state index is 12.0. The van der Waals surface area contributed by atoms with Gasteiger partial charge in [-0.3, -0.25) is 4.79 Å². The molecular formula is C18H17N3O2. The van der Waals surface area contributed by atoms with Crippen molar-refractivity contribution in [2.75, 3.05) is 13.7 Å². The van der Waals surface area contributed by atoms with E-state index < -0.39 is 0 Å². The van der Waals surface area contributed by atoms with E-state index in [2.05, 4.69) is 0 Å². The van der Waals surface area contributed by atoms with Gasteiger partial charge in [-0.1, -0.05) is 18.2 Å². The molecule has 4 rings (SSSR count). The zero-order chi connectivity index (χ0) is 16.0. The maximum Gasteiger partial charge on any atom is 0.254 e. The Hall–Kier alpha value is -2.66. The highest BCUT2D eigenvalue weighted by Crippen LogP contribution is 2.29. The van der Waals surface area contributed by atoms with E-state index in [0.717, 1.165) is 33.5 Å². The summed E-state index contributed by atoms with van der Waals surface area (Å²) in [5.74, 6) is 0.889. The van der Waals surface area contributed by atoms with Crippen LogP contribution in [0.1, 0.15) is 15.9 Å². The number of amides is 1. The van der Waals surface area contributed by atoms with E-state index >= 15 is 0 Å². The molecule has 5 nitrogen and oxygen atoms in total. The van der Waals surface area contributed by atoms with Gasteiger partial charge in [-0.2, -0.15) is 0 Å². The summed E-state index contributed by atoms with van der Waals surface area (Å²) in [4.78, 5) is 18.5. The second kappa shape index (κ2) is 5.21. The molecule has 1 aliphatic rings. The average Bonchev–Trinajstić information content (AvgIpc) is 3.06. The van der Waals surface area contributed by atoms with Gasteiger partial charge in [0, 0.05) is 31.3 Å². The lowest BCUT2D eigenvalue weighted by Crippen LogP contribution is -2.17. The lowest BCUT2D eigenvalue weighted by molar-refractivity contribution is 0.0816. The number of benzene rings is 2. The molecule has 0 fully saturated rings. The van der Waals surface area contributed by atoms with E-state index in [0.29, 0.717) is 13.1 Å². The Morgan fingerprint density at radius 3 is 2.87 bits per heavy atom. The lowest BCUT2D eigenvalue weighted by Gasteiger charge is -2.08. The van der Waals surface area contributed by atoms with Gasteiger partial charge in [-0.15, -0.1) is 0 Å². The summed E-state index contributed by atoms with van der Waals surface area (Å²) in [6.07, 6.45) is 0. The molecule has 1 amide bonds. The van der Waals surface area contributed by atoms with Gasteiger partial charge in [0.05, 0.1) is 17.6 Å². The second-order valence-corrected chi connectivity index (χ2v) is 5.83. The van der Waals surface area contributed by atoms with Crippen molar-refractivity contribution in [3.8, 4) is 11.4 Å². The van der Waals surface area contributed by atoms with Crippen LogP contribution in [0, 0.1) is 0 Å². The second-order valence-electron chi connectivity index (χ2n) is 5.83. The molecule has 1 aromatic heterocycles. The molecule has 3 aromatic rings. The third-order valence-corrected chi connectivity index (χ3v) is 4.33. The Morgan fingerprint density at radius 1 is 1.22 bits per heavy atom. The molecule has 0 atom stereocenters. The molecule has 0 unspecified atom stereocenters. The summed E-state index contributed by atoms with van der Waals surface area (Å²) in [6, 6.07) is 13.7. The van der Waals surface area contributed by atoms with Crippen LogP contribution < -0.4 is 0 Å². The van der Waals surface area contributed by atoms with Crippen LogP contribution in [-0.4, -0.2) is 39.1 Å². The van der Waals surface area contributed by atoms with Crippen LogP contribution in [0.15, 0.2) is 42.5 Å². The molecule has 0 aliphatic carbocycles. The molecule has 0 saturated heterocycles. The number of hydrogen-bond donors (Lipinski definition) is 1. The number of aliphatic hydroxyl groups is 1. The van der Waals surface area contributed by atoms with E-state index in [4.69, 9.17) is 4.98 Å². The quantitative estimate of drug-likeness (QED) is 0.807. The lowest BCUT2D eigenvalue weighted by atomic mass is 10.1. The Labute approximate surface area is 133 Å². The fraction of sp³-hybridized carbons (Fsp3) is 0.222. The van der Waals surface area contributed by atoms with Crippen molar-refractivity contribution in [3.63, 3.8) is 0 Å². The zero-order valence-corrected chi connectivity index (χ0v) is 12.9. The van der Waals surface area contributed by atoms with Gasteiger partial charge >= 0.3 is 0 Å². The highest BCUT2D eigenvalue weighted by Gasteiger charge is 2.25. The smallest absolute Gasteiger partial charge is 0.254 e. The fourth-order valence-electron chi connectivity index (χ4n) is 3.23. The highest BCUT2D eigenvalue weighted by atomic mass is 16.3. The molecule has 0 spiro atoms. The average molecular weight is 307 g/mol. The van der Waals surface area contributed by atoms with Gasteiger partial charge in [-0.25, -0.2) is 4.98 Å². The third kappa shape index (κ3) is 2.12. The number of aliphatic hydroxyl groups excluding tert-OH is 1. The number of imidazole rings is 1. The summed E-state index contributed by atoms with van der Waals surface area (Å²) in [5.41, 5.74) is 4.67. The minimum Gasteiger partial charge on any atom is -0.395 e. The van der Waals surface area contributed by atoms with Gasteiger partial charge in [-0.05, 0) is 29.8 Å². The van der Waals surface area contributed by atoms with Crippen molar-refractivity contribution in [1.82, 2.24) is 14.5 Å². The van der Waals surface area contributed by atoms with E-state index in [-0.39, 0.29) is 12.5 Å². The van der Waals surface area contributed by atoms with Crippen molar-refractivity contribution >= 4 is 16.9 Å². The first kappa shape index (κ1) is 14.0. The summed E-state index contributed by atoms with van der Waals surface area (Å²) in [7, 11) is 1.81. The van der Waals surface area contributed by atoms with E-state index in [1.165, 1.54) is 0 Å². The van der Waals surface area contributed by atoms with Crippen LogP contribution in [-0.2, 0) is 13.1 Å². The van der Waals surface area contributed by atoms with Crippen molar-refractivity contribution in [2.24, 2.45) is 0 Å². The SMILES string of the molecule is CN1Cc2cc(-c3nc4ccccc4n3CCO)ccc2C1=O. The largest absolute Gasteiger partial charge is 0.395 e. The Bertz CT molecular complexity index is 914. The van der Waals surface area contributed by atoms with Gasteiger partial charge < -0.3 is 14.6 Å². The van der Waals surface area contributed by atoms with Gasteiger partial charge in [0.1, 0.15) is 5.82 Å². The molecule has 1 N–H and O–H groups in total. The van der Waals surface area contributed by atoms with Crippen LogP contribution in [0.4, 0.5) is 0 Å². The van der Waals surface area contributed by atoms with Gasteiger partial charge in [0.2, 0.25) is 0 Å². The molecule has 0 bridgehead atoms. The topological polar surface area (TPSA) is 58.4 Å². The monoisotopic (exact) mass is 307 g/mol. The van der Waals surface area contributed by atoms with E-state index in [1.54, 1.807) is 4.90 Å². The first-order chi connectivity index (χ1) is 11.2. The van der Waals surface area contributed by atoms with Crippen molar-refractivity contribution in [2.45, 2.75) is 13.1 Å². The number of rotatable bonds is 3. The predicted octanol–water partition coefficient (Wildman–Crippen LogP) is 2.28. The molecular weight excluding hydrogens is 290 g/mol. The molecule has 0 saturated carbocycles. The highest BCUT2D eigenvalue weighted by molar-refractivity contribution is 5.98. The number of fused-ring (bicyclic) bond motifs is 2. The summed E-state index contributed by atoms with van der Waals surface area (Å²) in [5, 5.41) is 9.39. The summed E-state index contributed by atoms with van der Waals surface area (Å²) >= 11 is 0. The van der Waals surface area contributed by atoms with E-state index in [1.807, 2.05) is 54.1 Å². The Balaban J connectivity index is 1.88. The molecule has 23 heavy (non-hydrogen) atoms. The first-order valence-corrected chi connectivity index (χ1v) is 7.64. The number of aromatic nitrogens is 2. The minimum absolute atomic E-state index is 0.0551. The predicted molar refractivity (Wildman–Crippen MR) is 88.1 cm³/mol. The van der Waals surface area contributed by atoms with E-state index in [9.17, 15) is 9.90 Å². The number of hydrogen-bond acceptors (Lipinski definition) is 3. The van der Waals surface area contributed by atoms with Gasteiger partial charge in [0.15, 0.2) is 0 Å². The van der Waals surface area contributed by atoms with Crippen LogP contribution in [0.5, 0.6) is 0 Å². The minimum atomic E-state index is 0.0551. The maximum atomic E-state index is 12.0. The molecule has 2 heterocycles. The zero-order valence-electron chi connectivity index (χ0n) is 12.9. The Kier molecular flexibility index (Phi) is 3.16. The van der Waals surface area contributed by atoms with Crippen LogP contribution in [0.2, 0.25) is 0 Å². The normalized spacial score (nSPS) is 13.8. The molecule has 116 valence electrons. The molecule has 5 heteroatoms. The van der Waals surface area contributed by atoms with Crippen LogP contribution >= 0.6 is 0 Å².